The van der Waals surface area contributed by atoms with Gasteiger partial charge in [-0.15, -0.1) is 0 Å². The number of imide groups is 1. The summed E-state index contributed by atoms with van der Waals surface area (Å²) in [5.41, 5.74) is 0. The zero-order chi connectivity index (χ0) is 16.1. The van der Waals surface area contributed by atoms with Crippen molar-refractivity contribution in [2.45, 2.75) is 17.2 Å². The quantitative estimate of drug-likeness (QED) is 0.674. The smallest absolute Gasteiger partial charge is 0.326 e. The standard InChI is InChI=1S/C14H18N2O5S/c1-9-12(19)15-14(20)16(8-21-6-5-17)13(9)22-11-4-2-3-10(18)7-11/h2-4,7,9,13,17-18H,5-6,8H2,1H3,(H,15,19,20). The van der Waals surface area contributed by atoms with Gasteiger partial charge in [0.15, 0.2) is 0 Å². The molecule has 1 aromatic carbocycles. The molecular formula is C14H18N2O5S. The van der Waals surface area contributed by atoms with Crippen LogP contribution < -0.4 is 5.32 Å². The predicted molar refractivity (Wildman–Crippen MR) is 80.2 cm³/mol. The normalized spacial score (nSPS) is 21.8. The SMILES string of the molecule is CC1C(=O)NC(=O)N(COCCO)C1Sc1cccc(O)c1. The summed E-state index contributed by atoms with van der Waals surface area (Å²) in [6.45, 7) is 1.66. The van der Waals surface area contributed by atoms with Gasteiger partial charge in [0.25, 0.3) is 0 Å². The molecule has 22 heavy (non-hydrogen) atoms. The van der Waals surface area contributed by atoms with Crippen molar-refractivity contribution in [2.75, 3.05) is 19.9 Å². The van der Waals surface area contributed by atoms with E-state index >= 15 is 0 Å². The van der Waals surface area contributed by atoms with Crippen molar-refractivity contribution in [2.24, 2.45) is 5.92 Å². The third kappa shape index (κ3) is 3.90. The number of carbonyl (C=O) groups excluding carboxylic acids is 2. The van der Waals surface area contributed by atoms with Gasteiger partial charge >= 0.3 is 6.03 Å². The van der Waals surface area contributed by atoms with Gasteiger partial charge in [0.2, 0.25) is 5.91 Å². The maximum atomic E-state index is 12.0. The van der Waals surface area contributed by atoms with E-state index in [4.69, 9.17) is 9.84 Å². The van der Waals surface area contributed by atoms with E-state index in [1.165, 1.54) is 16.7 Å². The van der Waals surface area contributed by atoms with Gasteiger partial charge in [-0.2, -0.15) is 0 Å². The van der Waals surface area contributed by atoms with Gasteiger partial charge in [0.1, 0.15) is 12.5 Å². The molecule has 0 aliphatic carbocycles. The second-order valence-corrected chi connectivity index (χ2v) is 6.01. The fraction of sp³-hybridized carbons (Fsp3) is 0.429. The Kier molecular flexibility index (Phi) is 5.64. The minimum atomic E-state index is -0.529. The second kappa shape index (κ2) is 7.48. The Morgan fingerprint density at radius 1 is 1.41 bits per heavy atom. The Balaban J connectivity index is 2.16. The molecule has 120 valence electrons. The second-order valence-electron chi connectivity index (χ2n) is 4.82. The third-order valence-electron chi connectivity index (χ3n) is 3.18. The van der Waals surface area contributed by atoms with E-state index in [9.17, 15) is 14.7 Å². The van der Waals surface area contributed by atoms with Gasteiger partial charge < -0.3 is 14.9 Å². The van der Waals surface area contributed by atoms with Crippen molar-refractivity contribution < 1.29 is 24.5 Å². The number of phenolic OH excluding ortho intramolecular Hbond substituents is 1. The topological polar surface area (TPSA) is 99.1 Å². The van der Waals surface area contributed by atoms with Crippen LogP contribution in [0.15, 0.2) is 29.2 Å². The molecule has 0 bridgehead atoms. The number of aromatic hydroxyl groups is 1. The number of thioether (sulfide) groups is 1. The molecule has 2 unspecified atom stereocenters. The molecule has 1 aromatic rings. The maximum Gasteiger partial charge on any atom is 0.326 e. The summed E-state index contributed by atoms with van der Waals surface area (Å²) >= 11 is 1.30. The van der Waals surface area contributed by atoms with Crippen LogP contribution in [0.1, 0.15) is 6.92 Å². The fourth-order valence-corrected chi connectivity index (χ4v) is 3.26. The Morgan fingerprint density at radius 3 is 2.86 bits per heavy atom. The first-order chi connectivity index (χ1) is 10.5. The molecule has 2 atom stereocenters. The highest BCUT2D eigenvalue weighted by Gasteiger charge is 2.39. The molecule has 2 rings (SSSR count). The molecular weight excluding hydrogens is 308 g/mol. The van der Waals surface area contributed by atoms with Crippen LogP contribution in [-0.4, -0.2) is 52.4 Å². The zero-order valence-corrected chi connectivity index (χ0v) is 12.9. The number of hydrogen-bond acceptors (Lipinski definition) is 6. The average molecular weight is 326 g/mol. The number of aliphatic hydroxyl groups excluding tert-OH is 1. The molecule has 3 N–H and O–H groups in total. The fourth-order valence-electron chi connectivity index (χ4n) is 2.03. The molecule has 0 aromatic heterocycles. The van der Waals surface area contributed by atoms with Gasteiger partial charge in [-0.3, -0.25) is 15.0 Å². The summed E-state index contributed by atoms with van der Waals surface area (Å²) in [4.78, 5) is 26.0. The van der Waals surface area contributed by atoms with E-state index in [0.717, 1.165) is 4.90 Å². The molecule has 0 saturated carbocycles. The summed E-state index contributed by atoms with van der Waals surface area (Å²) in [7, 11) is 0. The van der Waals surface area contributed by atoms with Gasteiger partial charge in [0, 0.05) is 4.90 Å². The molecule has 1 saturated heterocycles. The Labute approximate surface area is 132 Å². The minimum Gasteiger partial charge on any atom is -0.508 e. The van der Waals surface area contributed by atoms with Crippen molar-refractivity contribution in [3.05, 3.63) is 24.3 Å². The summed E-state index contributed by atoms with van der Waals surface area (Å²) in [5, 5.41) is 20.1. The number of rotatable bonds is 6. The number of benzene rings is 1. The minimum absolute atomic E-state index is 0.0273. The molecule has 3 amide bonds. The summed E-state index contributed by atoms with van der Waals surface area (Å²) < 4.78 is 5.21. The Morgan fingerprint density at radius 2 is 2.18 bits per heavy atom. The first kappa shape index (κ1) is 16.6. The largest absolute Gasteiger partial charge is 0.508 e. The summed E-state index contributed by atoms with van der Waals surface area (Å²) in [6.07, 6.45) is 0. The number of hydrogen-bond donors (Lipinski definition) is 3. The number of nitrogens with zero attached hydrogens (tertiary/aromatic N) is 1. The molecule has 7 nitrogen and oxygen atoms in total. The number of amides is 3. The first-order valence-corrected chi connectivity index (χ1v) is 7.66. The highest BCUT2D eigenvalue weighted by Crippen LogP contribution is 2.34. The van der Waals surface area contributed by atoms with E-state index in [0.29, 0.717) is 0 Å². The van der Waals surface area contributed by atoms with Gasteiger partial charge in [-0.05, 0) is 18.2 Å². The number of ether oxygens (including phenoxy) is 1. The van der Waals surface area contributed by atoms with E-state index in [-0.39, 0.29) is 31.6 Å². The van der Waals surface area contributed by atoms with Crippen LogP contribution in [0.2, 0.25) is 0 Å². The lowest BCUT2D eigenvalue weighted by Crippen LogP contribution is -2.58. The highest BCUT2D eigenvalue weighted by molar-refractivity contribution is 8.00. The number of aliphatic hydroxyl groups is 1. The number of carbonyl (C=O) groups is 2. The molecule has 0 spiro atoms. The highest BCUT2D eigenvalue weighted by atomic mass is 32.2. The predicted octanol–water partition coefficient (Wildman–Crippen LogP) is 0.965. The lowest BCUT2D eigenvalue weighted by atomic mass is 10.1. The first-order valence-electron chi connectivity index (χ1n) is 6.78. The lowest BCUT2D eigenvalue weighted by Gasteiger charge is -2.38. The van der Waals surface area contributed by atoms with E-state index in [2.05, 4.69) is 5.32 Å². The van der Waals surface area contributed by atoms with Crippen LogP contribution >= 0.6 is 11.8 Å². The van der Waals surface area contributed by atoms with Gasteiger partial charge in [-0.25, -0.2) is 4.79 Å². The number of nitrogens with one attached hydrogen (secondary N) is 1. The lowest BCUT2D eigenvalue weighted by molar-refractivity contribution is -0.127. The Hall–Kier alpha value is -1.77. The van der Waals surface area contributed by atoms with Crippen LogP contribution in [0.25, 0.3) is 0 Å². The van der Waals surface area contributed by atoms with Crippen LogP contribution in [0.3, 0.4) is 0 Å². The van der Waals surface area contributed by atoms with E-state index in [1.54, 1.807) is 31.2 Å². The van der Waals surface area contributed by atoms with Gasteiger partial charge in [-0.1, -0.05) is 24.8 Å². The maximum absolute atomic E-state index is 12.0. The number of urea groups is 1. The summed E-state index contributed by atoms with van der Waals surface area (Å²) in [5.74, 6) is -0.670. The van der Waals surface area contributed by atoms with Crippen molar-refractivity contribution in [3.8, 4) is 5.75 Å². The average Bonchev–Trinajstić information content (AvgIpc) is 2.48. The van der Waals surface area contributed by atoms with Crippen molar-refractivity contribution in [1.82, 2.24) is 10.2 Å². The number of phenols is 1. The van der Waals surface area contributed by atoms with Crippen molar-refractivity contribution >= 4 is 23.7 Å². The van der Waals surface area contributed by atoms with Crippen LogP contribution in [-0.2, 0) is 9.53 Å². The van der Waals surface area contributed by atoms with E-state index < -0.39 is 17.3 Å². The molecule has 8 heteroatoms. The van der Waals surface area contributed by atoms with Crippen LogP contribution in [0.5, 0.6) is 5.75 Å². The molecule has 0 radical (unpaired) electrons. The van der Waals surface area contributed by atoms with Crippen LogP contribution in [0.4, 0.5) is 4.79 Å². The summed E-state index contributed by atoms with van der Waals surface area (Å²) in [6, 6.07) is 6.08. The third-order valence-corrected chi connectivity index (χ3v) is 4.61. The van der Waals surface area contributed by atoms with Gasteiger partial charge in [0.05, 0.1) is 24.5 Å². The molecule has 1 heterocycles. The molecule has 1 aliphatic heterocycles. The molecule has 1 fully saturated rings. The zero-order valence-electron chi connectivity index (χ0n) is 12.1. The molecule has 1 aliphatic rings. The van der Waals surface area contributed by atoms with Crippen LogP contribution in [0, 0.1) is 5.92 Å². The van der Waals surface area contributed by atoms with Crippen molar-refractivity contribution in [1.29, 1.82) is 0 Å². The monoisotopic (exact) mass is 326 g/mol. The van der Waals surface area contributed by atoms with E-state index in [1.807, 2.05) is 0 Å². The van der Waals surface area contributed by atoms with Crippen molar-refractivity contribution in [3.63, 3.8) is 0 Å². The Bertz CT molecular complexity index is 554.